The van der Waals surface area contributed by atoms with Gasteiger partial charge in [0.15, 0.2) is 0 Å². The Morgan fingerprint density at radius 1 is 1.19 bits per heavy atom. The zero-order chi connectivity index (χ0) is 16.9. The van der Waals surface area contributed by atoms with Crippen LogP contribution in [0.1, 0.15) is 31.4 Å². The summed E-state index contributed by atoms with van der Waals surface area (Å²) in [5.74, 6) is 0.370. The maximum atomic E-state index is 12.7. The van der Waals surface area contributed by atoms with Crippen molar-refractivity contribution in [3.8, 4) is 0 Å². The minimum atomic E-state index is -0.379. The first-order valence-electron chi connectivity index (χ1n) is 8.93. The van der Waals surface area contributed by atoms with Crippen molar-refractivity contribution < 1.29 is 9.53 Å². The predicted octanol–water partition coefficient (Wildman–Crippen LogP) is 2.31. The first kappa shape index (κ1) is 26.4. The van der Waals surface area contributed by atoms with Crippen molar-refractivity contribution in [2.75, 3.05) is 39.4 Å². The Bertz CT molecular complexity index is 539. The van der Waals surface area contributed by atoms with Crippen molar-refractivity contribution in [1.82, 2.24) is 14.8 Å². The van der Waals surface area contributed by atoms with Gasteiger partial charge in [-0.15, -0.1) is 37.2 Å². The molecule has 0 radical (unpaired) electrons. The lowest BCUT2D eigenvalue weighted by Crippen LogP contribution is -2.55. The molecular formula is C18H31Cl3N4O2. The zero-order valence-corrected chi connectivity index (χ0v) is 18.1. The molecule has 2 aliphatic heterocycles. The number of amides is 1. The maximum absolute atomic E-state index is 12.7. The number of aromatic nitrogens is 1. The molecule has 1 amide bonds. The summed E-state index contributed by atoms with van der Waals surface area (Å²) in [5.41, 5.74) is 7.46. The summed E-state index contributed by atoms with van der Waals surface area (Å²) in [6.07, 6.45) is 5.50. The first-order valence-corrected chi connectivity index (χ1v) is 8.93. The number of nitrogens with zero attached hydrogens (tertiary/aromatic N) is 3. The van der Waals surface area contributed by atoms with Crippen LogP contribution in [0.5, 0.6) is 0 Å². The van der Waals surface area contributed by atoms with Crippen LogP contribution in [0.4, 0.5) is 0 Å². The number of hydrogen-bond acceptors (Lipinski definition) is 5. The van der Waals surface area contributed by atoms with Crippen LogP contribution in [0, 0.1) is 5.92 Å². The molecule has 9 heteroatoms. The van der Waals surface area contributed by atoms with E-state index in [1.807, 2.05) is 17.2 Å². The lowest BCUT2D eigenvalue weighted by Gasteiger charge is -2.40. The van der Waals surface area contributed by atoms with Crippen LogP contribution in [0.15, 0.2) is 24.5 Å². The van der Waals surface area contributed by atoms with Gasteiger partial charge in [-0.3, -0.25) is 14.7 Å². The number of rotatable bonds is 4. The predicted molar refractivity (Wildman–Crippen MR) is 114 cm³/mol. The van der Waals surface area contributed by atoms with Crippen molar-refractivity contribution in [1.29, 1.82) is 0 Å². The van der Waals surface area contributed by atoms with Crippen LogP contribution < -0.4 is 5.73 Å². The van der Waals surface area contributed by atoms with E-state index in [0.29, 0.717) is 6.04 Å². The lowest BCUT2D eigenvalue weighted by molar-refractivity contribution is -0.136. The Labute approximate surface area is 180 Å². The fraction of sp³-hybridized carbons (Fsp3) is 0.667. The van der Waals surface area contributed by atoms with Crippen molar-refractivity contribution in [2.24, 2.45) is 11.7 Å². The lowest BCUT2D eigenvalue weighted by atomic mass is 9.91. The highest BCUT2D eigenvalue weighted by atomic mass is 35.5. The first-order chi connectivity index (χ1) is 11.7. The topological polar surface area (TPSA) is 71.7 Å². The minimum Gasteiger partial charge on any atom is -0.381 e. The molecule has 0 bridgehead atoms. The minimum absolute atomic E-state index is 0. The summed E-state index contributed by atoms with van der Waals surface area (Å²) in [5, 5.41) is 0. The Balaban J connectivity index is 0.00000225. The molecule has 1 aromatic heterocycles. The van der Waals surface area contributed by atoms with Gasteiger partial charge in [-0.25, -0.2) is 0 Å². The maximum Gasteiger partial charge on any atom is 0.239 e. The molecule has 156 valence electrons. The van der Waals surface area contributed by atoms with Crippen molar-refractivity contribution >= 4 is 43.1 Å². The molecule has 0 aliphatic carbocycles. The van der Waals surface area contributed by atoms with E-state index in [0.717, 1.165) is 52.2 Å². The van der Waals surface area contributed by atoms with E-state index in [1.165, 1.54) is 5.56 Å². The molecule has 0 saturated carbocycles. The molecule has 1 aromatic rings. The van der Waals surface area contributed by atoms with Crippen molar-refractivity contribution in [2.45, 2.75) is 31.8 Å². The third-order valence-corrected chi connectivity index (χ3v) is 5.40. The molecule has 0 spiro atoms. The number of pyridine rings is 1. The number of ether oxygens (including phenoxy) is 1. The molecule has 2 unspecified atom stereocenters. The average Bonchev–Trinajstić information content (AvgIpc) is 2.68. The van der Waals surface area contributed by atoms with Crippen LogP contribution in [0.25, 0.3) is 0 Å². The van der Waals surface area contributed by atoms with Gasteiger partial charge in [-0.05, 0) is 37.3 Å². The number of carbonyl (C=O) groups excluding carboxylic acids is 1. The Hall–Kier alpha value is -0.630. The molecule has 3 rings (SSSR count). The molecule has 2 N–H and O–H groups in total. The van der Waals surface area contributed by atoms with E-state index in [1.54, 1.807) is 6.20 Å². The van der Waals surface area contributed by atoms with Crippen LogP contribution in [-0.2, 0) is 9.53 Å². The summed E-state index contributed by atoms with van der Waals surface area (Å²) in [6, 6.07) is 4.02. The summed E-state index contributed by atoms with van der Waals surface area (Å²) < 4.78 is 5.37. The normalized spacial score (nSPS) is 20.4. The van der Waals surface area contributed by atoms with E-state index in [9.17, 15) is 4.79 Å². The van der Waals surface area contributed by atoms with Gasteiger partial charge in [0.05, 0.1) is 6.04 Å². The fourth-order valence-electron chi connectivity index (χ4n) is 3.65. The largest absolute Gasteiger partial charge is 0.381 e. The molecule has 3 heterocycles. The Kier molecular flexibility index (Phi) is 12.5. The van der Waals surface area contributed by atoms with Gasteiger partial charge < -0.3 is 15.4 Å². The van der Waals surface area contributed by atoms with Gasteiger partial charge in [0.25, 0.3) is 0 Å². The smallest absolute Gasteiger partial charge is 0.239 e. The van der Waals surface area contributed by atoms with Crippen LogP contribution in [0.2, 0.25) is 0 Å². The quantitative estimate of drug-likeness (QED) is 0.776. The van der Waals surface area contributed by atoms with E-state index >= 15 is 0 Å². The summed E-state index contributed by atoms with van der Waals surface area (Å²) in [6.45, 7) is 6.90. The van der Waals surface area contributed by atoms with Crippen molar-refractivity contribution in [3.05, 3.63) is 30.1 Å². The number of nitrogens with two attached hydrogens (primary N) is 1. The highest BCUT2D eigenvalue weighted by molar-refractivity contribution is 5.86. The van der Waals surface area contributed by atoms with Gasteiger partial charge in [0, 0.05) is 57.8 Å². The molecule has 2 aliphatic rings. The molecule has 2 atom stereocenters. The second-order valence-electron chi connectivity index (χ2n) is 6.80. The Morgan fingerprint density at radius 3 is 2.37 bits per heavy atom. The van der Waals surface area contributed by atoms with Crippen LogP contribution >= 0.6 is 37.2 Å². The summed E-state index contributed by atoms with van der Waals surface area (Å²) >= 11 is 0. The van der Waals surface area contributed by atoms with Gasteiger partial charge in [-0.1, -0.05) is 6.07 Å². The van der Waals surface area contributed by atoms with Gasteiger partial charge >= 0.3 is 0 Å². The third-order valence-electron chi connectivity index (χ3n) is 5.40. The SMILES string of the molecule is CC(c1cccnc1)N1CCN(C(=O)C(N)C2CCOCC2)CC1.Cl.Cl.Cl. The standard InChI is InChI=1S/C18H28N4O2.3ClH/c1-14(16-3-2-6-20-13-16)21-7-9-22(10-8-21)18(23)17(19)15-4-11-24-12-5-15;;;/h2-3,6,13-15,17H,4-5,7-12,19H2,1H3;3*1H. The van der Waals surface area contributed by atoms with E-state index in [-0.39, 0.29) is 55.1 Å². The molecular weight excluding hydrogens is 411 g/mol. The Morgan fingerprint density at radius 2 is 1.81 bits per heavy atom. The monoisotopic (exact) mass is 440 g/mol. The van der Waals surface area contributed by atoms with Gasteiger partial charge in [0.1, 0.15) is 0 Å². The van der Waals surface area contributed by atoms with E-state index in [4.69, 9.17) is 10.5 Å². The number of piperazine rings is 1. The van der Waals surface area contributed by atoms with Crippen molar-refractivity contribution in [3.63, 3.8) is 0 Å². The second-order valence-corrected chi connectivity index (χ2v) is 6.80. The highest BCUT2D eigenvalue weighted by Crippen LogP contribution is 2.22. The van der Waals surface area contributed by atoms with Crippen LogP contribution in [-0.4, -0.2) is 66.1 Å². The van der Waals surface area contributed by atoms with Gasteiger partial charge in [0.2, 0.25) is 5.91 Å². The molecule has 6 nitrogen and oxygen atoms in total. The summed E-state index contributed by atoms with van der Waals surface area (Å²) in [7, 11) is 0. The highest BCUT2D eigenvalue weighted by Gasteiger charge is 2.32. The fourth-order valence-corrected chi connectivity index (χ4v) is 3.65. The molecule has 0 aromatic carbocycles. The number of carbonyl (C=O) groups is 1. The molecule has 27 heavy (non-hydrogen) atoms. The molecule has 2 saturated heterocycles. The van der Waals surface area contributed by atoms with Crippen LogP contribution in [0.3, 0.4) is 0 Å². The van der Waals surface area contributed by atoms with E-state index in [2.05, 4.69) is 22.9 Å². The average molecular weight is 442 g/mol. The number of hydrogen-bond donors (Lipinski definition) is 1. The van der Waals surface area contributed by atoms with Gasteiger partial charge in [-0.2, -0.15) is 0 Å². The second kappa shape index (κ2) is 12.8. The van der Waals surface area contributed by atoms with E-state index < -0.39 is 0 Å². The third kappa shape index (κ3) is 6.73. The molecule has 2 fully saturated rings. The number of halogens is 3. The summed E-state index contributed by atoms with van der Waals surface area (Å²) in [4.78, 5) is 21.2. The zero-order valence-electron chi connectivity index (χ0n) is 15.7.